The fourth-order valence-corrected chi connectivity index (χ4v) is 5.40. The number of carbonyl (C=O) groups excluding carboxylic acids is 5. The van der Waals surface area contributed by atoms with Gasteiger partial charge in [0, 0.05) is 22.1 Å². The molecule has 0 saturated carbocycles. The van der Waals surface area contributed by atoms with Crippen molar-refractivity contribution >= 4 is 67.1 Å². The predicted molar refractivity (Wildman–Crippen MR) is 132 cm³/mol. The molecular formula is C19H21N5O11S3. The Bertz CT molecular complexity index is 1250. The monoisotopic (exact) mass is 591 g/mol. The van der Waals surface area contributed by atoms with Gasteiger partial charge < -0.3 is 20.0 Å². The zero-order valence-electron chi connectivity index (χ0n) is 19.3. The number of azide groups is 1. The molecule has 1 fully saturated rings. The van der Waals surface area contributed by atoms with Gasteiger partial charge in [0.25, 0.3) is 27.8 Å². The van der Waals surface area contributed by atoms with Crippen LogP contribution in [0.4, 0.5) is 5.69 Å². The van der Waals surface area contributed by atoms with Crippen molar-refractivity contribution in [2.24, 2.45) is 5.11 Å². The van der Waals surface area contributed by atoms with Gasteiger partial charge >= 0.3 is 11.9 Å². The van der Waals surface area contributed by atoms with Gasteiger partial charge in [-0.3, -0.25) is 23.7 Å². The number of hydroxylamine groups is 2. The number of imide groups is 1. The summed E-state index contributed by atoms with van der Waals surface area (Å²) >= 11 is 0. The number of ether oxygens (including phenoxy) is 1. The van der Waals surface area contributed by atoms with E-state index < -0.39 is 51.4 Å². The summed E-state index contributed by atoms with van der Waals surface area (Å²) in [5, 5.41) is 13.6. The number of amides is 3. The molecule has 1 aromatic carbocycles. The first-order chi connectivity index (χ1) is 17.9. The van der Waals surface area contributed by atoms with Crippen LogP contribution in [0.1, 0.15) is 29.6 Å². The quantitative estimate of drug-likeness (QED) is 0.0403. The van der Waals surface area contributed by atoms with Gasteiger partial charge in [0.1, 0.15) is 12.4 Å². The molecule has 3 N–H and O–H groups in total. The number of aromatic hydroxyl groups is 1. The summed E-state index contributed by atoms with van der Waals surface area (Å²) in [6.07, 6.45) is -1.01. The van der Waals surface area contributed by atoms with Crippen molar-refractivity contribution in [1.29, 1.82) is 0 Å². The minimum atomic E-state index is -4.80. The van der Waals surface area contributed by atoms with Crippen molar-refractivity contribution in [3.63, 3.8) is 0 Å². The lowest BCUT2D eigenvalue weighted by Crippen LogP contribution is -2.36. The highest BCUT2D eigenvalue weighted by Gasteiger charge is 2.48. The number of phenolic OH excluding ortho intramolecular Hbond substituents is 1. The van der Waals surface area contributed by atoms with Gasteiger partial charge in [-0.2, -0.15) is 8.42 Å². The number of rotatable bonds is 14. The molecule has 38 heavy (non-hydrogen) atoms. The van der Waals surface area contributed by atoms with E-state index >= 15 is 0 Å². The van der Waals surface area contributed by atoms with Crippen molar-refractivity contribution in [2.75, 3.05) is 24.7 Å². The summed E-state index contributed by atoms with van der Waals surface area (Å²) in [5.74, 6) is -4.38. The molecule has 1 heterocycles. The Morgan fingerprint density at radius 3 is 2.42 bits per heavy atom. The average molecular weight is 592 g/mol. The molecule has 206 valence electrons. The highest BCUT2D eigenvalue weighted by Crippen LogP contribution is 2.25. The fraction of sp³-hybridized carbons (Fsp3) is 0.421. The molecule has 0 aliphatic carbocycles. The number of hydrogen-bond donors (Lipinski definition) is 3. The molecule has 1 aliphatic heterocycles. The first kappa shape index (κ1) is 30.7. The maximum Gasteiger partial charge on any atom is 0.334 e. The maximum absolute atomic E-state index is 12.1. The zero-order valence-corrected chi connectivity index (χ0v) is 21.8. The molecule has 1 saturated heterocycles. The van der Waals surface area contributed by atoms with Crippen LogP contribution in [0.2, 0.25) is 0 Å². The average Bonchev–Trinajstić information content (AvgIpc) is 3.13. The van der Waals surface area contributed by atoms with E-state index in [9.17, 15) is 37.5 Å². The Balaban J connectivity index is 1.55. The molecule has 1 atom stereocenters. The van der Waals surface area contributed by atoms with Crippen LogP contribution >= 0.6 is 21.6 Å². The molecule has 0 radical (unpaired) electrons. The van der Waals surface area contributed by atoms with Crippen molar-refractivity contribution in [3.8, 4) is 5.75 Å². The molecule has 1 aliphatic rings. The number of nitrogens with zero attached hydrogens (tertiary/aromatic N) is 4. The van der Waals surface area contributed by atoms with Gasteiger partial charge in [-0.1, -0.05) is 32.8 Å². The van der Waals surface area contributed by atoms with E-state index in [0.29, 0.717) is 5.75 Å². The third-order valence-electron chi connectivity index (χ3n) is 4.51. The van der Waals surface area contributed by atoms with Gasteiger partial charge in [0.05, 0.1) is 31.4 Å². The highest BCUT2D eigenvalue weighted by molar-refractivity contribution is 8.76. The normalized spacial score (nSPS) is 15.1. The summed E-state index contributed by atoms with van der Waals surface area (Å²) in [4.78, 5) is 66.2. The van der Waals surface area contributed by atoms with Crippen molar-refractivity contribution < 1.29 is 51.6 Å². The van der Waals surface area contributed by atoms with Crippen molar-refractivity contribution in [3.05, 3.63) is 34.2 Å². The van der Waals surface area contributed by atoms with Crippen LogP contribution in [0.3, 0.4) is 0 Å². The number of phenols is 1. The van der Waals surface area contributed by atoms with Gasteiger partial charge in [0.2, 0.25) is 0 Å². The molecule has 2 rings (SSSR count). The third kappa shape index (κ3) is 9.42. The fourth-order valence-electron chi connectivity index (χ4n) is 2.75. The summed E-state index contributed by atoms with van der Waals surface area (Å²) in [6.45, 7) is -0.128. The lowest BCUT2D eigenvalue weighted by molar-refractivity contribution is -0.197. The summed E-state index contributed by atoms with van der Waals surface area (Å²) in [6, 6.07) is 3.76. The molecule has 0 bridgehead atoms. The van der Waals surface area contributed by atoms with Crippen molar-refractivity contribution in [1.82, 2.24) is 10.4 Å². The molecule has 16 nitrogen and oxygen atoms in total. The lowest BCUT2D eigenvalue weighted by atomic mass is 10.1. The molecular weight excluding hydrogens is 570 g/mol. The number of hydrogen-bond acceptors (Lipinski definition) is 13. The first-order valence-electron chi connectivity index (χ1n) is 10.5. The van der Waals surface area contributed by atoms with E-state index in [2.05, 4.69) is 20.2 Å². The van der Waals surface area contributed by atoms with E-state index in [1.54, 1.807) is 0 Å². The third-order valence-corrected chi connectivity index (χ3v) is 8.01. The number of esters is 1. The van der Waals surface area contributed by atoms with Crippen molar-refractivity contribution in [2.45, 2.75) is 24.5 Å². The molecule has 0 spiro atoms. The van der Waals surface area contributed by atoms with Crippen LogP contribution in [0.25, 0.3) is 10.4 Å². The van der Waals surface area contributed by atoms with E-state index in [4.69, 9.17) is 14.8 Å². The smallest absolute Gasteiger partial charge is 0.334 e. The van der Waals surface area contributed by atoms with Gasteiger partial charge in [-0.25, -0.2) is 4.79 Å². The minimum Gasteiger partial charge on any atom is -0.507 e. The second kappa shape index (κ2) is 14.4. The Morgan fingerprint density at radius 1 is 1.18 bits per heavy atom. The Morgan fingerprint density at radius 2 is 1.84 bits per heavy atom. The van der Waals surface area contributed by atoms with Gasteiger partial charge in [-0.05, 0) is 17.7 Å². The second-order valence-electron chi connectivity index (χ2n) is 7.21. The van der Waals surface area contributed by atoms with Crippen LogP contribution in [-0.4, -0.2) is 82.7 Å². The Hall–Kier alpha value is -3.51. The molecule has 1 aromatic rings. The van der Waals surface area contributed by atoms with Crippen LogP contribution in [-0.2, 0) is 38.9 Å². The number of carbonyl (C=O) groups is 5. The number of benzene rings is 1. The second-order valence-corrected chi connectivity index (χ2v) is 11.5. The van der Waals surface area contributed by atoms with Crippen LogP contribution in [0.5, 0.6) is 5.75 Å². The number of nitrogens with one attached hydrogen (secondary N) is 1. The van der Waals surface area contributed by atoms with Gasteiger partial charge in [0.15, 0.2) is 5.25 Å². The zero-order chi connectivity index (χ0) is 28.3. The largest absolute Gasteiger partial charge is 0.507 e. The van der Waals surface area contributed by atoms with E-state index in [1.165, 1.54) is 33.7 Å². The lowest BCUT2D eigenvalue weighted by Gasteiger charge is -2.13. The van der Waals surface area contributed by atoms with Gasteiger partial charge in [-0.15, -0.1) is 5.06 Å². The summed E-state index contributed by atoms with van der Waals surface area (Å²) < 4.78 is 36.1. The molecule has 19 heteroatoms. The molecule has 0 aromatic heterocycles. The summed E-state index contributed by atoms with van der Waals surface area (Å²) in [5.41, 5.74) is 8.46. The first-order valence-corrected chi connectivity index (χ1v) is 14.5. The van der Waals surface area contributed by atoms with Crippen LogP contribution in [0.15, 0.2) is 23.3 Å². The highest BCUT2D eigenvalue weighted by atomic mass is 33.1. The molecule has 3 amide bonds. The Labute approximate surface area is 223 Å². The van der Waals surface area contributed by atoms with E-state index in [1.807, 2.05) is 0 Å². The standard InChI is InChI=1S/C19H21N5O11S3/c20-23-22-11-1-2-12(13(25)9-11)18(29)21-5-6-34-16(27)3-7-36-37-8-4-17(28)35-24-15(26)10-14(19(24)30)38(31,32)33/h1-2,9,14,25H,3-8,10H2,(H,21,29)(H,31,32,33)/t14-/m0/s1. The molecule has 0 unspecified atom stereocenters. The van der Waals surface area contributed by atoms with Crippen LogP contribution < -0.4 is 5.32 Å². The maximum atomic E-state index is 12.1. The Kier molecular flexibility index (Phi) is 11.7. The predicted octanol–water partition coefficient (Wildman–Crippen LogP) is 1.24. The van der Waals surface area contributed by atoms with E-state index in [-0.39, 0.29) is 53.8 Å². The van der Waals surface area contributed by atoms with E-state index in [0.717, 1.165) is 6.07 Å². The minimum absolute atomic E-state index is 0.0148. The topological polar surface area (TPSA) is 242 Å². The summed E-state index contributed by atoms with van der Waals surface area (Å²) in [7, 11) is -2.36. The van der Waals surface area contributed by atoms with Crippen LogP contribution in [0, 0.1) is 0 Å². The SMILES string of the molecule is [N-]=[N+]=Nc1ccc(C(=O)NCCOC(=O)CCSSCCC(=O)ON2C(=O)C[C@H](S(=O)(=O)O)C2=O)c(O)c1.